The maximum Gasteiger partial charge on any atom is 0.410 e. The third-order valence-corrected chi connectivity index (χ3v) is 4.58. The first kappa shape index (κ1) is 22.4. The van der Waals surface area contributed by atoms with Crippen molar-refractivity contribution in [1.29, 1.82) is 0 Å². The van der Waals surface area contributed by atoms with Gasteiger partial charge in [-0.25, -0.2) is 4.79 Å². The van der Waals surface area contributed by atoms with Crippen LogP contribution in [0, 0.1) is 0 Å². The zero-order valence-electron chi connectivity index (χ0n) is 16.8. The molecule has 1 aromatic carbocycles. The standard InChI is InChI=1S/C19H28N4O4.HI/c1-19(2,3)27-18(25)22-7-8-23-14(12-22)11-21-17(23)20-10-13-9-15(26-4)5-6-16(13)24;/h5-6,9,14,24H,7-8,10-12H2,1-4H3,(H,20,21);1H. The average molecular weight is 504 g/mol. The largest absolute Gasteiger partial charge is 0.508 e. The molecule has 0 aromatic heterocycles. The van der Waals surface area contributed by atoms with Gasteiger partial charge in [0.25, 0.3) is 0 Å². The second-order valence-electron chi connectivity index (χ2n) is 7.79. The molecule has 0 bridgehead atoms. The van der Waals surface area contributed by atoms with E-state index in [0.717, 1.165) is 11.5 Å². The number of carbonyl (C=O) groups is 1. The van der Waals surface area contributed by atoms with Gasteiger partial charge < -0.3 is 29.7 Å². The Labute approximate surface area is 182 Å². The normalized spacial score (nSPS) is 18.7. The molecule has 0 spiro atoms. The molecule has 2 heterocycles. The fraction of sp³-hybridized carbons (Fsp3) is 0.579. The molecule has 2 aliphatic heterocycles. The van der Waals surface area contributed by atoms with Crippen LogP contribution >= 0.6 is 24.0 Å². The van der Waals surface area contributed by atoms with Crippen molar-refractivity contribution in [3.05, 3.63) is 23.8 Å². The van der Waals surface area contributed by atoms with Crippen LogP contribution in [0.3, 0.4) is 0 Å². The molecule has 0 aliphatic carbocycles. The summed E-state index contributed by atoms with van der Waals surface area (Å²) < 4.78 is 10.7. The predicted octanol–water partition coefficient (Wildman–Crippen LogP) is 2.40. The molecule has 2 N–H and O–H groups in total. The van der Waals surface area contributed by atoms with Crippen molar-refractivity contribution < 1.29 is 19.4 Å². The van der Waals surface area contributed by atoms with E-state index in [2.05, 4.69) is 15.2 Å². The van der Waals surface area contributed by atoms with Crippen molar-refractivity contribution in [2.45, 2.75) is 39.0 Å². The first-order chi connectivity index (χ1) is 12.8. The Hall–Kier alpha value is -1.91. The monoisotopic (exact) mass is 504 g/mol. The average Bonchev–Trinajstić information content (AvgIpc) is 3.02. The Bertz CT molecular complexity index is 735. The number of nitrogens with one attached hydrogen (secondary N) is 1. The summed E-state index contributed by atoms with van der Waals surface area (Å²) in [5, 5.41) is 13.3. The van der Waals surface area contributed by atoms with Crippen LogP contribution in [0.2, 0.25) is 0 Å². The van der Waals surface area contributed by atoms with Gasteiger partial charge in [0.15, 0.2) is 5.96 Å². The van der Waals surface area contributed by atoms with E-state index < -0.39 is 5.60 Å². The lowest BCUT2D eigenvalue weighted by atomic mass is 10.2. The second kappa shape index (κ2) is 9.06. The van der Waals surface area contributed by atoms with Crippen molar-refractivity contribution in [2.24, 2.45) is 4.99 Å². The number of fused-ring (bicyclic) bond motifs is 1. The topological polar surface area (TPSA) is 86.6 Å². The number of hydrogen-bond acceptors (Lipinski definition) is 7. The van der Waals surface area contributed by atoms with Crippen molar-refractivity contribution in [3.63, 3.8) is 0 Å². The molecule has 2 aliphatic rings. The number of phenols is 1. The van der Waals surface area contributed by atoms with Crippen LogP contribution in [0.5, 0.6) is 11.5 Å². The molecule has 9 heteroatoms. The summed E-state index contributed by atoms with van der Waals surface area (Å²) in [6.07, 6.45) is -0.273. The van der Waals surface area contributed by atoms with Crippen molar-refractivity contribution >= 4 is 36.0 Å². The highest BCUT2D eigenvalue weighted by Crippen LogP contribution is 2.23. The third-order valence-electron chi connectivity index (χ3n) is 4.58. The number of aromatic hydroxyl groups is 1. The summed E-state index contributed by atoms with van der Waals surface area (Å²) in [5.41, 5.74) is 0.249. The molecule has 3 rings (SSSR count). The zero-order valence-corrected chi connectivity index (χ0v) is 19.1. The van der Waals surface area contributed by atoms with Crippen LogP contribution in [0.4, 0.5) is 4.79 Å². The summed E-state index contributed by atoms with van der Waals surface area (Å²) in [5.74, 6) is 1.71. The molecule has 28 heavy (non-hydrogen) atoms. The minimum Gasteiger partial charge on any atom is -0.508 e. The van der Waals surface area contributed by atoms with Crippen LogP contribution in [-0.4, -0.2) is 71.9 Å². The maximum absolute atomic E-state index is 12.3. The van der Waals surface area contributed by atoms with Gasteiger partial charge in [-0.2, -0.15) is 0 Å². The second-order valence-corrected chi connectivity index (χ2v) is 7.79. The summed E-state index contributed by atoms with van der Waals surface area (Å²) in [7, 11) is 1.60. The van der Waals surface area contributed by atoms with Gasteiger partial charge in [0.1, 0.15) is 17.1 Å². The molecule has 156 valence electrons. The Morgan fingerprint density at radius 3 is 2.79 bits per heavy atom. The van der Waals surface area contributed by atoms with Gasteiger partial charge in [-0.05, 0) is 39.0 Å². The zero-order chi connectivity index (χ0) is 19.6. The SMILES string of the molecule is COc1ccc(O)c(CNC2=NCC3CN(C(=O)OC(C)(C)C)CCN23)c1.I. The minimum atomic E-state index is -0.494. The van der Waals surface area contributed by atoms with Crippen LogP contribution < -0.4 is 10.1 Å². The van der Waals surface area contributed by atoms with Crippen molar-refractivity contribution in [1.82, 2.24) is 15.1 Å². The van der Waals surface area contributed by atoms with E-state index >= 15 is 0 Å². The van der Waals surface area contributed by atoms with Gasteiger partial charge in [0.05, 0.1) is 19.7 Å². The summed E-state index contributed by atoms with van der Waals surface area (Å²) in [6.45, 7) is 8.57. The molecule has 1 fully saturated rings. The highest BCUT2D eigenvalue weighted by atomic mass is 127. The number of amides is 1. The summed E-state index contributed by atoms with van der Waals surface area (Å²) >= 11 is 0. The molecule has 1 saturated heterocycles. The first-order valence-corrected chi connectivity index (χ1v) is 9.15. The van der Waals surface area contributed by atoms with Crippen LogP contribution in [0.25, 0.3) is 0 Å². The summed E-state index contributed by atoms with van der Waals surface area (Å²) in [6, 6.07) is 5.29. The van der Waals surface area contributed by atoms with E-state index in [1.54, 1.807) is 30.2 Å². The van der Waals surface area contributed by atoms with Gasteiger partial charge in [0, 0.05) is 31.7 Å². The molecule has 1 aromatic rings. The number of phenolic OH excluding ortho intramolecular Hbond substituents is 1. The molecular formula is C19H29IN4O4. The van der Waals surface area contributed by atoms with Crippen LogP contribution in [0.15, 0.2) is 23.2 Å². The number of ether oxygens (including phenoxy) is 2. The number of benzene rings is 1. The molecule has 0 radical (unpaired) electrons. The number of rotatable bonds is 3. The van der Waals surface area contributed by atoms with Gasteiger partial charge in [-0.15, -0.1) is 24.0 Å². The number of methoxy groups -OCH3 is 1. The number of nitrogens with zero attached hydrogens (tertiary/aromatic N) is 3. The van der Waals surface area contributed by atoms with E-state index in [4.69, 9.17) is 9.47 Å². The lowest BCUT2D eigenvalue weighted by Gasteiger charge is -2.39. The number of aliphatic imine (C=N–C) groups is 1. The van der Waals surface area contributed by atoms with Crippen molar-refractivity contribution in [3.8, 4) is 11.5 Å². The lowest BCUT2D eigenvalue weighted by molar-refractivity contribution is 0.0137. The highest BCUT2D eigenvalue weighted by Gasteiger charge is 2.36. The van der Waals surface area contributed by atoms with Crippen LogP contribution in [0.1, 0.15) is 26.3 Å². The Morgan fingerprint density at radius 1 is 1.36 bits per heavy atom. The van der Waals surface area contributed by atoms with E-state index in [1.165, 1.54) is 0 Å². The summed E-state index contributed by atoms with van der Waals surface area (Å²) in [4.78, 5) is 20.8. The van der Waals surface area contributed by atoms with E-state index in [0.29, 0.717) is 38.5 Å². The molecule has 1 atom stereocenters. The van der Waals surface area contributed by atoms with Crippen LogP contribution in [-0.2, 0) is 11.3 Å². The minimum absolute atomic E-state index is 0. The number of guanidine groups is 1. The molecule has 1 amide bonds. The molecule has 0 saturated carbocycles. The number of hydrogen-bond donors (Lipinski definition) is 2. The smallest absolute Gasteiger partial charge is 0.410 e. The fourth-order valence-corrected chi connectivity index (χ4v) is 3.23. The number of halogens is 1. The lowest BCUT2D eigenvalue weighted by Crippen LogP contribution is -2.57. The number of carbonyl (C=O) groups excluding carboxylic acids is 1. The predicted molar refractivity (Wildman–Crippen MR) is 118 cm³/mol. The van der Waals surface area contributed by atoms with Gasteiger partial charge in [-0.1, -0.05) is 0 Å². The van der Waals surface area contributed by atoms with Gasteiger partial charge in [0.2, 0.25) is 0 Å². The van der Waals surface area contributed by atoms with Gasteiger partial charge >= 0.3 is 6.09 Å². The maximum atomic E-state index is 12.3. The van der Waals surface area contributed by atoms with E-state index in [1.807, 2.05) is 20.8 Å². The third kappa shape index (κ3) is 5.33. The van der Waals surface area contributed by atoms with E-state index in [9.17, 15) is 9.90 Å². The van der Waals surface area contributed by atoms with Crippen molar-refractivity contribution in [2.75, 3.05) is 33.3 Å². The Kier molecular flexibility index (Phi) is 7.24. The van der Waals surface area contributed by atoms with E-state index in [-0.39, 0.29) is 41.9 Å². The molecule has 1 unspecified atom stereocenters. The fourth-order valence-electron chi connectivity index (χ4n) is 3.23. The quantitative estimate of drug-likeness (QED) is 0.616. The molecule has 8 nitrogen and oxygen atoms in total. The first-order valence-electron chi connectivity index (χ1n) is 9.15. The number of piperazine rings is 1. The molecular weight excluding hydrogens is 475 g/mol. The Morgan fingerprint density at radius 2 is 2.11 bits per heavy atom. The Balaban J connectivity index is 0.00000280. The van der Waals surface area contributed by atoms with Gasteiger partial charge in [-0.3, -0.25) is 4.99 Å². The highest BCUT2D eigenvalue weighted by molar-refractivity contribution is 14.0.